The van der Waals surface area contributed by atoms with Gasteiger partial charge in [-0.2, -0.15) is 8.78 Å². The van der Waals surface area contributed by atoms with Crippen molar-refractivity contribution in [3.05, 3.63) is 59.1 Å². The molecular weight excluding hydrogens is 348 g/mol. The summed E-state index contributed by atoms with van der Waals surface area (Å²) in [5, 5.41) is 13.2. The fraction of sp³-hybridized carbons (Fsp3) is 0.200. The summed E-state index contributed by atoms with van der Waals surface area (Å²) in [7, 11) is -4.73. The van der Waals surface area contributed by atoms with Crippen LogP contribution in [0.3, 0.4) is 0 Å². The third-order valence-electron chi connectivity index (χ3n) is 3.18. The standard InChI is InChI=1S/C15H14ClF2NO3S/c16-11-6-2-1-5-10(11)13(20)9-19-12-7-3-4-8-14(12)23(21,22)15(17)18/h1-8,13,15,19-20H,9H2. The first kappa shape index (κ1) is 17.7. The second-order valence-corrected chi connectivity index (χ2v) is 7.01. The molecule has 0 bridgehead atoms. The van der Waals surface area contributed by atoms with Crippen LogP contribution >= 0.6 is 11.6 Å². The Balaban J connectivity index is 2.21. The van der Waals surface area contributed by atoms with Crippen LogP contribution in [0.5, 0.6) is 0 Å². The molecule has 8 heteroatoms. The summed E-state index contributed by atoms with van der Waals surface area (Å²) in [5.41, 5.74) is 0.453. The second-order valence-electron chi connectivity index (χ2n) is 4.72. The van der Waals surface area contributed by atoms with Crippen LogP contribution in [0.2, 0.25) is 5.02 Å². The largest absolute Gasteiger partial charge is 0.387 e. The van der Waals surface area contributed by atoms with Crippen molar-refractivity contribution >= 4 is 27.1 Å². The van der Waals surface area contributed by atoms with Gasteiger partial charge in [0.2, 0.25) is 9.84 Å². The first-order valence-electron chi connectivity index (χ1n) is 6.61. The Labute approximate surface area is 137 Å². The van der Waals surface area contributed by atoms with E-state index in [-0.39, 0.29) is 12.2 Å². The van der Waals surface area contributed by atoms with E-state index in [1.807, 2.05) is 0 Å². The number of hydrogen-bond donors (Lipinski definition) is 2. The quantitative estimate of drug-likeness (QED) is 0.826. The zero-order valence-corrected chi connectivity index (χ0v) is 13.4. The van der Waals surface area contributed by atoms with Crippen molar-refractivity contribution < 1.29 is 22.3 Å². The van der Waals surface area contributed by atoms with E-state index in [1.54, 1.807) is 24.3 Å². The molecule has 4 nitrogen and oxygen atoms in total. The smallest absolute Gasteiger partial charge is 0.341 e. The number of aliphatic hydroxyl groups excluding tert-OH is 1. The van der Waals surface area contributed by atoms with E-state index in [0.717, 1.165) is 6.07 Å². The Morgan fingerprint density at radius 3 is 2.35 bits per heavy atom. The third-order valence-corrected chi connectivity index (χ3v) is 4.96. The van der Waals surface area contributed by atoms with Gasteiger partial charge in [-0.1, -0.05) is 41.9 Å². The van der Waals surface area contributed by atoms with Crippen LogP contribution < -0.4 is 5.32 Å². The lowest BCUT2D eigenvalue weighted by atomic mass is 10.1. The number of aliphatic hydroxyl groups is 1. The van der Waals surface area contributed by atoms with Gasteiger partial charge in [0, 0.05) is 17.1 Å². The molecule has 0 fully saturated rings. The van der Waals surface area contributed by atoms with Gasteiger partial charge in [-0.15, -0.1) is 0 Å². The van der Waals surface area contributed by atoms with Crippen molar-refractivity contribution in [2.45, 2.75) is 16.8 Å². The van der Waals surface area contributed by atoms with E-state index in [1.165, 1.54) is 18.2 Å². The number of nitrogens with one attached hydrogen (secondary N) is 1. The van der Waals surface area contributed by atoms with E-state index in [9.17, 15) is 22.3 Å². The van der Waals surface area contributed by atoms with Gasteiger partial charge in [-0.3, -0.25) is 0 Å². The van der Waals surface area contributed by atoms with Crippen LogP contribution in [0, 0.1) is 0 Å². The highest BCUT2D eigenvalue weighted by molar-refractivity contribution is 7.91. The summed E-state index contributed by atoms with van der Waals surface area (Å²) < 4.78 is 48.7. The Morgan fingerprint density at radius 2 is 1.70 bits per heavy atom. The number of anilines is 1. The lowest BCUT2D eigenvalue weighted by molar-refractivity contribution is 0.191. The lowest BCUT2D eigenvalue weighted by Gasteiger charge is -2.16. The topological polar surface area (TPSA) is 66.4 Å². The van der Waals surface area contributed by atoms with E-state index in [2.05, 4.69) is 5.32 Å². The molecule has 2 aromatic rings. The lowest BCUT2D eigenvalue weighted by Crippen LogP contribution is -2.17. The van der Waals surface area contributed by atoms with Crippen molar-refractivity contribution in [2.24, 2.45) is 0 Å². The first-order valence-corrected chi connectivity index (χ1v) is 8.54. The van der Waals surface area contributed by atoms with Gasteiger partial charge in [-0.25, -0.2) is 8.42 Å². The maximum atomic E-state index is 12.7. The van der Waals surface area contributed by atoms with Gasteiger partial charge in [0.25, 0.3) is 0 Å². The van der Waals surface area contributed by atoms with Gasteiger partial charge in [0.05, 0.1) is 16.7 Å². The minimum atomic E-state index is -4.73. The van der Waals surface area contributed by atoms with Crippen molar-refractivity contribution in [3.8, 4) is 0 Å². The molecule has 2 rings (SSSR count). The highest BCUT2D eigenvalue weighted by Crippen LogP contribution is 2.28. The minimum Gasteiger partial charge on any atom is -0.387 e. The number of alkyl halides is 2. The van der Waals surface area contributed by atoms with Gasteiger partial charge >= 0.3 is 5.76 Å². The normalized spacial score (nSPS) is 13.1. The van der Waals surface area contributed by atoms with Crippen LogP contribution in [-0.2, 0) is 9.84 Å². The number of halogens is 3. The third kappa shape index (κ3) is 3.99. The first-order chi connectivity index (χ1) is 10.8. The average molecular weight is 362 g/mol. The Morgan fingerprint density at radius 1 is 1.09 bits per heavy atom. The van der Waals surface area contributed by atoms with Crippen LogP contribution in [-0.4, -0.2) is 25.8 Å². The molecule has 0 saturated heterocycles. The fourth-order valence-corrected chi connectivity index (χ4v) is 3.19. The molecule has 2 N–H and O–H groups in total. The molecule has 0 heterocycles. The second kappa shape index (κ2) is 7.25. The van der Waals surface area contributed by atoms with Crippen LogP contribution in [0.4, 0.5) is 14.5 Å². The number of rotatable bonds is 6. The van der Waals surface area contributed by atoms with Crippen LogP contribution in [0.15, 0.2) is 53.4 Å². The highest BCUT2D eigenvalue weighted by atomic mass is 35.5. The van der Waals surface area contributed by atoms with Crippen molar-refractivity contribution in [3.63, 3.8) is 0 Å². The number of hydrogen-bond acceptors (Lipinski definition) is 4. The average Bonchev–Trinajstić information content (AvgIpc) is 2.53. The van der Waals surface area contributed by atoms with Crippen molar-refractivity contribution in [1.29, 1.82) is 0 Å². The molecule has 0 saturated carbocycles. The van der Waals surface area contributed by atoms with Gasteiger partial charge in [0.1, 0.15) is 0 Å². The monoisotopic (exact) mass is 361 g/mol. The van der Waals surface area contributed by atoms with E-state index in [0.29, 0.717) is 10.6 Å². The molecule has 0 aromatic heterocycles. The predicted octanol–water partition coefficient (Wildman–Crippen LogP) is 3.48. The molecule has 0 spiro atoms. The molecule has 23 heavy (non-hydrogen) atoms. The summed E-state index contributed by atoms with van der Waals surface area (Å²) in [6.07, 6.45) is -1.02. The minimum absolute atomic E-state index is 0.00102. The Bertz CT molecular complexity index is 784. The molecule has 0 aliphatic rings. The molecular formula is C15H14ClF2NO3S. The van der Waals surface area contributed by atoms with E-state index >= 15 is 0 Å². The molecule has 2 aromatic carbocycles. The van der Waals surface area contributed by atoms with Gasteiger partial charge in [-0.05, 0) is 18.2 Å². The summed E-state index contributed by atoms with van der Waals surface area (Å²) in [4.78, 5) is -0.513. The number of para-hydroxylation sites is 1. The molecule has 0 aliphatic carbocycles. The van der Waals surface area contributed by atoms with Gasteiger partial charge < -0.3 is 10.4 Å². The molecule has 0 radical (unpaired) electrons. The zero-order valence-electron chi connectivity index (χ0n) is 11.8. The SMILES string of the molecule is O=S(=O)(c1ccccc1NCC(O)c1ccccc1Cl)C(F)F. The molecule has 0 amide bonds. The summed E-state index contributed by atoms with van der Waals surface area (Å²) in [6.45, 7) is -0.0838. The molecule has 0 aliphatic heterocycles. The van der Waals surface area contributed by atoms with E-state index in [4.69, 9.17) is 11.6 Å². The Hall–Kier alpha value is -1.70. The maximum absolute atomic E-state index is 12.7. The van der Waals surface area contributed by atoms with Crippen molar-refractivity contribution in [2.75, 3.05) is 11.9 Å². The van der Waals surface area contributed by atoms with E-state index < -0.39 is 26.6 Å². The Kier molecular flexibility index (Phi) is 5.56. The molecule has 1 unspecified atom stereocenters. The zero-order chi connectivity index (χ0) is 17.0. The van der Waals surface area contributed by atoms with Gasteiger partial charge in [0.15, 0.2) is 0 Å². The van der Waals surface area contributed by atoms with Crippen molar-refractivity contribution in [1.82, 2.24) is 0 Å². The number of sulfone groups is 1. The predicted molar refractivity (Wildman–Crippen MR) is 84.5 cm³/mol. The van der Waals surface area contributed by atoms with Crippen LogP contribution in [0.25, 0.3) is 0 Å². The molecule has 124 valence electrons. The highest BCUT2D eigenvalue weighted by Gasteiger charge is 2.29. The fourth-order valence-electron chi connectivity index (χ4n) is 2.02. The summed E-state index contributed by atoms with van der Waals surface area (Å²) in [5.74, 6) is -3.51. The summed E-state index contributed by atoms with van der Waals surface area (Å²) in [6, 6.07) is 11.9. The summed E-state index contributed by atoms with van der Waals surface area (Å²) >= 11 is 5.96. The maximum Gasteiger partial charge on any atom is 0.341 e. The number of benzene rings is 2. The van der Waals surface area contributed by atoms with Crippen LogP contribution in [0.1, 0.15) is 11.7 Å². The molecule has 1 atom stereocenters.